The maximum atomic E-state index is 5.46. The lowest BCUT2D eigenvalue weighted by Gasteiger charge is -1.98. The van der Waals surface area contributed by atoms with Gasteiger partial charge in [0, 0.05) is 0 Å². The summed E-state index contributed by atoms with van der Waals surface area (Å²) in [5.74, 6) is 0. The molecule has 108 valence electrons. The van der Waals surface area contributed by atoms with Gasteiger partial charge in [0.2, 0.25) is 0 Å². The minimum atomic E-state index is 0.845. The largest absolute Gasteiger partial charge is 0.330 e. The highest BCUT2D eigenvalue weighted by atomic mass is 14.5. The van der Waals surface area contributed by atoms with Gasteiger partial charge in [0.25, 0.3) is 0 Å². The number of hydrogen-bond donors (Lipinski definition) is 1. The molecular weight excluding hydrogens is 230 g/mol. The van der Waals surface area contributed by atoms with E-state index in [2.05, 4.69) is 55.5 Å². The van der Waals surface area contributed by atoms with Gasteiger partial charge in [0.05, 0.1) is 0 Å². The van der Waals surface area contributed by atoms with Crippen molar-refractivity contribution in [3.05, 3.63) is 48.6 Å². The summed E-state index contributed by atoms with van der Waals surface area (Å²) in [6.45, 7) is 2.99. The van der Waals surface area contributed by atoms with Crippen molar-refractivity contribution in [2.24, 2.45) is 5.73 Å². The highest BCUT2D eigenvalue weighted by Gasteiger charge is 1.88. The summed E-state index contributed by atoms with van der Waals surface area (Å²) >= 11 is 0. The zero-order chi connectivity index (χ0) is 14.0. The molecule has 1 nitrogen and oxygen atoms in total. The SMILES string of the molecule is CCC=CC=CC=CC=CCCCCCCCCN. The lowest BCUT2D eigenvalue weighted by Crippen LogP contribution is -1.97. The van der Waals surface area contributed by atoms with Gasteiger partial charge in [0.1, 0.15) is 0 Å². The summed E-state index contributed by atoms with van der Waals surface area (Å²) in [5, 5.41) is 0. The Balaban J connectivity index is 3.31. The van der Waals surface area contributed by atoms with E-state index in [1.807, 2.05) is 0 Å². The highest BCUT2D eigenvalue weighted by Crippen LogP contribution is 2.07. The molecule has 0 aliphatic heterocycles. The molecule has 0 atom stereocenters. The Hall–Kier alpha value is -1.08. The van der Waals surface area contributed by atoms with Crippen molar-refractivity contribution in [2.45, 2.75) is 58.3 Å². The van der Waals surface area contributed by atoms with Crippen LogP contribution in [0.25, 0.3) is 0 Å². The van der Waals surface area contributed by atoms with Crippen LogP contribution in [-0.2, 0) is 0 Å². The normalized spacial score (nSPS) is 12.7. The Morgan fingerprint density at radius 3 is 1.79 bits per heavy atom. The molecule has 1 heteroatoms. The molecule has 19 heavy (non-hydrogen) atoms. The smallest absolute Gasteiger partial charge is 0.00773 e. The standard InChI is InChI=1S/C18H31N/c1-2-3-4-5-6-7-8-9-10-11-12-13-14-15-16-17-18-19/h3-10H,2,11-19H2,1H3. The van der Waals surface area contributed by atoms with Crippen LogP contribution in [0.3, 0.4) is 0 Å². The summed E-state index contributed by atoms with van der Waals surface area (Å²) in [6.07, 6.45) is 27.1. The van der Waals surface area contributed by atoms with Gasteiger partial charge in [-0.3, -0.25) is 0 Å². The summed E-state index contributed by atoms with van der Waals surface area (Å²) in [4.78, 5) is 0. The minimum absolute atomic E-state index is 0.845. The van der Waals surface area contributed by atoms with E-state index in [4.69, 9.17) is 5.73 Å². The zero-order valence-electron chi connectivity index (χ0n) is 12.6. The number of rotatable bonds is 12. The first-order chi connectivity index (χ1) is 9.41. The molecule has 0 spiro atoms. The second kappa shape index (κ2) is 16.9. The Kier molecular flexibility index (Phi) is 16.0. The van der Waals surface area contributed by atoms with Crippen molar-refractivity contribution in [3.8, 4) is 0 Å². The molecule has 0 bridgehead atoms. The van der Waals surface area contributed by atoms with Gasteiger partial charge in [-0.2, -0.15) is 0 Å². The lowest BCUT2D eigenvalue weighted by atomic mass is 10.1. The van der Waals surface area contributed by atoms with Crippen LogP contribution in [0.1, 0.15) is 58.3 Å². The van der Waals surface area contributed by atoms with E-state index >= 15 is 0 Å². The Bertz CT molecular complexity index is 271. The average Bonchev–Trinajstić information content (AvgIpc) is 2.43. The van der Waals surface area contributed by atoms with Crippen LogP contribution in [0.15, 0.2) is 48.6 Å². The number of unbranched alkanes of at least 4 members (excludes halogenated alkanes) is 6. The van der Waals surface area contributed by atoms with E-state index < -0.39 is 0 Å². The second-order valence-corrected chi connectivity index (χ2v) is 4.73. The van der Waals surface area contributed by atoms with Gasteiger partial charge in [-0.15, -0.1) is 0 Å². The molecule has 0 saturated heterocycles. The van der Waals surface area contributed by atoms with Gasteiger partial charge in [-0.05, 0) is 32.2 Å². The molecule has 0 aromatic rings. The molecule has 0 unspecified atom stereocenters. The first-order valence-electron chi connectivity index (χ1n) is 7.77. The van der Waals surface area contributed by atoms with Crippen LogP contribution in [0.4, 0.5) is 0 Å². The van der Waals surface area contributed by atoms with Crippen LogP contribution in [0.5, 0.6) is 0 Å². The number of hydrogen-bond acceptors (Lipinski definition) is 1. The molecule has 0 aliphatic carbocycles. The lowest BCUT2D eigenvalue weighted by molar-refractivity contribution is 0.601. The quantitative estimate of drug-likeness (QED) is 0.374. The fourth-order valence-electron chi connectivity index (χ4n) is 1.76. The van der Waals surface area contributed by atoms with Crippen molar-refractivity contribution in [2.75, 3.05) is 6.54 Å². The molecule has 0 aromatic carbocycles. The third kappa shape index (κ3) is 16.9. The zero-order valence-corrected chi connectivity index (χ0v) is 12.6. The third-order valence-corrected chi connectivity index (χ3v) is 2.89. The molecule has 0 heterocycles. The minimum Gasteiger partial charge on any atom is -0.330 e. The molecule has 0 rings (SSSR count). The van der Waals surface area contributed by atoms with Crippen molar-refractivity contribution < 1.29 is 0 Å². The average molecular weight is 261 g/mol. The van der Waals surface area contributed by atoms with E-state index in [-0.39, 0.29) is 0 Å². The Morgan fingerprint density at radius 1 is 0.632 bits per heavy atom. The van der Waals surface area contributed by atoms with E-state index in [9.17, 15) is 0 Å². The monoisotopic (exact) mass is 261 g/mol. The third-order valence-electron chi connectivity index (χ3n) is 2.89. The van der Waals surface area contributed by atoms with Gasteiger partial charge < -0.3 is 5.73 Å². The van der Waals surface area contributed by atoms with Gasteiger partial charge in [0.15, 0.2) is 0 Å². The molecule has 0 amide bonds. The van der Waals surface area contributed by atoms with Crippen molar-refractivity contribution in [1.29, 1.82) is 0 Å². The van der Waals surface area contributed by atoms with Crippen molar-refractivity contribution >= 4 is 0 Å². The fourth-order valence-corrected chi connectivity index (χ4v) is 1.76. The fraction of sp³-hybridized carbons (Fsp3) is 0.556. The van der Waals surface area contributed by atoms with E-state index in [1.165, 1.54) is 44.9 Å². The topological polar surface area (TPSA) is 26.0 Å². The summed E-state index contributed by atoms with van der Waals surface area (Å²) < 4.78 is 0. The molecule has 0 saturated carbocycles. The summed E-state index contributed by atoms with van der Waals surface area (Å²) in [7, 11) is 0. The van der Waals surface area contributed by atoms with E-state index in [0.29, 0.717) is 0 Å². The number of nitrogens with two attached hydrogens (primary N) is 1. The van der Waals surface area contributed by atoms with Crippen LogP contribution >= 0.6 is 0 Å². The summed E-state index contributed by atoms with van der Waals surface area (Å²) in [5.41, 5.74) is 5.46. The molecular formula is C18H31N. The Morgan fingerprint density at radius 2 is 1.16 bits per heavy atom. The van der Waals surface area contributed by atoms with Crippen LogP contribution in [0, 0.1) is 0 Å². The predicted octanol–water partition coefficient (Wildman–Crippen LogP) is 5.31. The van der Waals surface area contributed by atoms with Gasteiger partial charge in [-0.1, -0.05) is 81.2 Å². The second-order valence-electron chi connectivity index (χ2n) is 4.73. The molecule has 0 radical (unpaired) electrons. The molecule has 0 fully saturated rings. The van der Waals surface area contributed by atoms with Crippen molar-refractivity contribution in [1.82, 2.24) is 0 Å². The summed E-state index contributed by atoms with van der Waals surface area (Å²) in [6, 6.07) is 0. The molecule has 0 aliphatic rings. The van der Waals surface area contributed by atoms with Crippen LogP contribution in [0.2, 0.25) is 0 Å². The van der Waals surface area contributed by atoms with Gasteiger partial charge >= 0.3 is 0 Å². The first kappa shape index (κ1) is 17.9. The maximum absolute atomic E-state index is 5.46. The van der Waals surface area contributed by atoms with E-state index in [1.54, 1.807) is 0 Å². The van der Waals surface area contributed by atoms with Gasteiger partial charge in [-0.25, -0.2) is 0 Å². The predicted molar refractivity (Wildman–Crippen MR) is 88.2 cm³/mol. The maximum Gasteiger partial charge on any atom is -0.00773 e. The number of allylic oxidation sites excluding steroid dienone is 8. The Labute approximate surface area is 120 Å². The van der Waals surface area contributed by atoms with Crippen LogP contribution < -0.4 is 5.73 Å². The first-order valence-corrected chi connectivity index (χ1v) is 7.77. The molecule has 2 N–H and O–H groups in total. The van der Waals surface area contributed by atoms with E-state index in [0.717, 1.165) is 13.0 Å². The van der Waals surface area contributed by atoms with Crippen LogP contribution in [-0.4, -0.2) is 6.54 Å². The van der Waals surface area contributed by atoms with Crippen molar-refractivity contribution in [3.63, 3.8) is 0 Å². The molecule has 0 aromatic heterocycles. The highest BCUT2D eigenvalue weighted by molar-refractivity contribution is 5.15.